The molecule has 0 radical (unpaired) electrons. The van der Waals surface area contributed by atoms with E-state index in [1.807, 2.05) is 0 Å². The summed E-state index contributed by atoms with van der Waals surface area (Å²) in [6.07, 6.45) is -6.17. The van der Waals surface area contributed by atoms with Crippen LogP contribution < -0.4 is 0 Å². The third-order valence-electron chi connectivity index (χ3n) is 0.621. The normalized spacial score (nSPS) is 16.7. The molecule has 0 aromatic heterocycles. The number of halogens is 8. The first-order valence-corrected chi connectivity index (χ1v) is 5.84. The Hall–Kier alpha value is 0.590. The molecule has 0 aliphatic rings. The first kappa shape index (κ1) is 11.6. The van der Waals surface area contributed by atoms with Gasteiger partial charge >= 0.3 is 11.4 Å². The van der Waals surface area contributed by atoms with Crippen LogP contribution in [0.4, 0.5) is 29.7 Å². The van der Waals surface area contributed by atoms with Gasteiger partial charge in [0.05, 0.1) is 21.2 Å². The van der Waals surface area contributed by atoms with Crippen molar-refractivity contribution in [3.05, 3.63) is 0 Å². The number of alkyl halides is 5. The van der Waals surface area contributed by atoms with Gasteiger partial charge in [-0.05, 0) is 0 Å². The van der Waals surface area contributed by atoms with Gasteiger partial charge in [-0.2, -0.15) is 22.0 Å². The van der Waals surface area contributed by atoms with E-state index in [2.05, 4.69) is 0 Å². The van der Waals surface area contributed by atoms with Crippen LogP contribution >= 0.6 is 29.2 Å². The van der Waals surface area contributed by atoms with Crippen molar-refractivity contribution in [2.24, 2.45) is 0 Å². The Labute approximate surface area is 70.6 Å². The molecule has 0 aliphatic heterocycles. The van der Waals surface area contributed by atoms with Crippen LogP contribution in [-0.2, 0) is 0 Å². The molecule has 0 amide bonds. The van der Waals surface area contributed by atoms with Gasteiger partial charge in [0.15, 0.2) is 7.97 Å². The maximum absolute atomic E-state index is 11.6. The third-order valence-corrected chi connectivity index (χ3v) is 3.09. The molecular formula is C2F7IS. The summed E-state index contributed by atoms with van der Waals surface area (Å²) in [6, 6.07) is 0. The molecule has 0 spiro atoms. The average Bonchev–Trinajstić information content (AvgIpc) is 1.58. The molecule has 70 valence electrons. The summed E-state index contributed by atoms with van der Waals surface area (Å²) < 4.78 is 79.7. The zero-order valence-electron chi connectivity index (χ0n) is 4.43. The molecule has 0 aliphatic carbocycles. The van der Waals surface area contributed by atoms with Crippen molar-refractivity contribution in [2.45, 2.75) is 11.4 Å². The van der Waals surface area contributed by atoms with Crippen molar-refractivity contribution in [2.75, 3.05) is 0 Å². The predicted molar refractivity (Wildman–Crippen MR) is 34.8 cm³/mol. The highest BCUT2D eigenvalue weighted by molar-refractivity contribution is 14.2. The summed E-state index contributed by atoms with van der Waals surface area (Å²) in [5.41, 5.74) is 0. The largest absolute Gasteiger partial charge is 0.468 e. The SMILES string of the molecule is FC(F)(F)C(F)(F)S(F)(F)I. The van der Waals surface area contributed by atoms with E-state index in [-0.39, 0.29) is 21.2 Å². The van der Waals surface area contributed by atoms with Gasteiger partial charge in [0.1, 0.15) is 0 Å². The minimum atomic E-state index is -6.17. The van der Waals surface area contributed by atoms with Gasteiger partial charge in [-0.1, -0.05) is 0 Å². The molecule has 0 aromatic carbocycles. The molecular weight excluding hydrogens is 316 g/mol. The van der Waals surface area contributed by atoms with Gasteiger partial charge in [-0.15, -0.1) is 7.77 Å². The van der Waals surface area contributed by atoms with Crippen LogP contribution in [0.3, 0.4) is 0 Å². The molecule has 0 unspecified atom stereocenters. The Morgan fingerprint density at radius 3 is 1.18 bits per heavy atom. The van der Waals surface area contributed by atoms with E-state index < -0.39 is 19.4 Å². The lowest BCUT2D eigenvalue weighted by atomic mass is 10.7. The molecule has 0 saturated carbocycles. The van der Waals surface area contributed by atoms with Crippen molar-refractivity contribution in [3.63, 3.8) is 0 Å². The lowest BCUT2D eigenvalue weighted by Gasteiger charge is -2.25. The summed E-state index contributed by atoms with van der Waals surface area (Å²) in [5, 5.41) is -5.89. The van der Waals surface area contributed by atoms with E-state index >= 15 is 0 Å². The number of hydrogen-bond donors (Lipinski definition) is 0. The summed E-state index contributed by atoms with van der Waals surface area (Å²) >= 11 is -0.175. The topological polar surface area (TPSA) is 0 Å². The molecule has 0 atom stereocenters. The van der Waals surface area contributed by atoms with Crippen LogP contribution in [0.5, 0.6) is 0 Å². The molecule has 0 saturated heterocycles. The Morgan fingerprint density at radius 1 is 0.909 bits per heavy atom. The summed E-state index contributed by atoms with van der Waals surface area (Å²) in [7, 11) is -5.95. The fourth-order valence-electron chi connectivity index (χ4n) is 0.131. The van der Waals surface area contributed by atoms with Crippen molar-refractivity contribution in [3.8, 4) is 0 Å². The highest BCUT2D eigenvalue weighted by Crippen LogP contribution is 2.74. The Balaban J connectivity index is 4.75. The molecule has 0 heterocycles. The van der Waals surface area contributed by atoms with Gasteiger partial charge in [-0.25, -0.2) is 0 Å². The third kappa shape index (κ3) is 2.26. The van der Waals surface area contributed by atoms with Crippen LogP contribution in [0.15, 0.2) is 0 Å². The predicted octanol–water partition coefficient (Wildman–Crippen LogP) is 4.07. The molecule has 0 fully saturated rings. The molecule has 0 bridgehead atoms. The van der Waals surface area contributed by atoms with Crippen molar-refractivity contribution < 1.29 is 29.7 Å². The van der Waals surface area contributed by atoms with E-state index in [0.29, 0.717) is 0 Å². The summed E-state index contributed by atoms with van der Waals surface area (Å²) in [6.45, 7) is 0. The van der Waals surface area contributed by atoms with E-state index in [9.17, 15) is 29.7 Å². The van der Waals surface area contributed by atoms with E-state index in [1.54, 1.807) is 0 Å². The molecule has 0 rings (SSSR count). The standard InChI is InChI=1S/C2F7IS/c3-1(4,5)2(6,7)11(8,9)10. The average molecular weight is 316 g/mol. The van der Waals surface area contributed by atoms with Crippen molar-refractivity contribution in [1.29, 1.82) is 0 Å². The van der Waals surface area contributed by atoms with E-state index in [0.717, 1.165) is 0 Å². The highest BCUT2D eigenvalue weighted by atomic mass is 127. The van der Waals surface area contributed by atoms with Crippen LogP contribution in [0.2, 0.25) is 0 Å². The maximum Gasteiger partial charge on any atom is 0.468 e. The molecule has 0 nitrogen and oxygen atoms in total. The lowest BCUT2D eigenvalue weighted by Crippen LogP contribution is -2.36. The molecule has 0 N–H and O–H groups in total. The smallest absolute Gasteiger partial charge is 0.179 e. The Kier molecular flexibility index (Phi) is 2.97. The van der Waals surface area contributed by atoms with Crippen molar-refractivity contribution >= 4 is 29.2 Å². The van der Waals surface area contributed by atoms with Crippen LogP contribution in [0, 0.1) is 0 Å². The van der Waals surface area contributed by atoms with Gasteiger partial charge < -0.3 is 0 Å². The summed E-state index contributed by atoms with van der Waals surface area (Å²) in [5.74, 6) is 0. The van der Waals surface area contributed by atoms with Crippen LogP contribution in [0.1, 0.15) is 0 Å². The highest BCUT2D eigenvalue weighted by Gasteiger charge is 2.69. The summed E-state index contributed by atoms with van der Waals surface area (Å²) in [4.78, 5) is 0. The number of rotatable bonds is 1. The minimum Gasteiger partial charge on any atom is -0.179 e. The zero-order chi connectivity index (χ0) is 9.50. The van der Waals surface area contributed by atoms with E-state index in [1.165, 1.54) is 0 Å². The number of hydrogen-bond acceptors (Lipinski definition) is 0. The van der Waals surface area contributed by atoms with Gasteiger partial charge in [0, 0.05) is 0 Å². The van der Waals surface area contributed by atoms with Crippen molar-refractivity contribution in [1.82, 2.24) is 0 Å². The maximum atomic E-state index is 11.6. The van der Waals surface area contributed by atoms with Gasteiger partial charge in [0.25, 0.3) is 0 Å². The second kappa shape index (κ2) is 2.82. The van der Waals surface area contributed by atoms with E-state index in [4.69, 9.17) is 0 Å². The molecule has 0 aromatic rings. The lowest BCUT2D eigenvalue weighted by molar-refractivity contribution is -0.241. The van der Waals surface area contributed by atoms with Gasteiger partial charge in [-0.3, -0.25) is 0 Å². The minimum absolute atomic E-state index is 0.175. The fraction of sp³-hybridized carbons (Fsp3) is 1.00. The molecule has 9 heteroatoms. The van der Waals surface area contributed by atoms with Crippen LogP contribution in [-0.4, -0.2) is 11.4 Å². The Bertz CT molecular complexity index is 128. The Morgan fingerprint density at radius 2 is 1.18 bits per heavy atom. The monoisotopic (exact) mass is 316 g/mol. The second-order valence-corrected chi connectivity index (χ2v) is 6.07. The first-order chi connectivity index (χ1) is 4.50. The van der Waals surface area contributed by atoms with Crippen LogP contribution in [0.25, 0.3) is 0 Å². The fourth-order valence-corrected chi connectivity index (χ4v) is 1.14. The van der Waals surface area contributed by atoms with Gasteiger partial charge in [0.2, 0.25) is 0 Å². The first-order valence-electron chi connectivity index (χ1n) is 1.86. The second-order valence-electron chi connectivity index (χ2n) is 1.42. The quantitative estimate of drug-likeness (QED) is 0.505. The molecule has 11 heavy (non-hydrogen) atoms. The zero-order valence-corrected chi connectivity index (χ0v) is 7.41.